The van der Waals surface area contributed by atoms with Gasteiger partial charge in [0.05, 0.1) is 11.7 Å². The van der Waals surface area contributed by atoms with Crippen molar-refractivity contribution in [3.63, 3.8) is 0 Å². The van der Waals surface area contributed by atoms with E-state index in [1.807, 2.05) is 0 Å². The molecule has 0 saturated carbocycles. The van der Waals surface area contributed by atoms with Gasteiger partial charge in [-0.2, -0.15) is 0 Å². The normalized spacial score (nSPS) is 19.5. The first-order valence-corrected chi connectivity index (χ1v) is 6.21. The average molecular weight is 300 g/mol. The summed E-state index contributed by atoms with van der Waals surface area (Å²) in [6, 6.07) is 1.74. The Labute approximate surface area is 108 Å². The first kappa shape index (κ1) is 12.3. The van der Waals surface area contributed by atoms with Gasteiger partial charge in [0.15, 0.2) is 0 Å². The number of anilines is 1. The van der Waals surface area contributed by atoms with Crippen molar-refractivity contribution in [3.8, 4) is 0 Å². The summed E-state index contributed by atoms with van der Waals surface area (Å²) in [6.07, 6.45) is 1.88. The Morgan fingerprint density at radius 2 is 2.47 bits per heavy atom. The molecule has 0 bridgehead atoms. The van der Waals surface area contributed by atoms with Gasteiger partial charge in [-0.3, -0.25) is 4.79 Å². The first-order valence-electron chi connectivity index (χ1n) is 5.42. The molecule has 1 aliphatic rings. The third-order valence-corrected chi connectivity index (χ3v) is 3.21. The number of nitrogens with zero attached hydrogens (tertiary/aromatic N) is 2. The van der Waals surface area contributed by atoms with Crippen LogP contribution in [0.5, 0.6) is 0 Å². The topological polar surface area (TPSA) is 65.5 Å². The molecule has 0 spiro atoms. The van der Waals surface area contributed by atoms with Crippen LogP contribution in [-0.2, 0) is 0 Å². The molecule has 2 N–H and O–H groups in total. The van der Waals surface area contributed by atoms with Crippen molar-refractivity contribution >= 4 is 27.7 Å². The minimum absolute atomic E-state index is 0.0975. The summed E-state index contributed by atoms with van der Waals surface area (Å²) in [5.41, 5.74) is 0.524. The van der Waals surface area contributed by atoms with Crippen LogP contribution in [0.2, 0.25) is 0 Å². The second-order valence-corrected chi connectivity index (χ2v) is 4.91. The summed E-state index contributed by atoms with van der Waals surface area (Å²) in [7, 11) is 1.73. The number of halogens is 1. The quantitative estimate of drug-likeness (QED) is 0.858. The molecule has 1 amide bonds. The van der Waals surface area contributed by atoms with Crippen molar-refractivity contribution in [3.05, 3.63) is 22.3 Å². The van der Waals surface area contributed by atoms with Gasteiger partial charge in [-0.1, -0.05) is 0 Å². The van der Waals surface area contributed by atoms with Crippen molar-refractivity contribution in [2.45, 2.75) is 12.5 Å². The monoisotopic (exact) mass is 299 g/mol. The van der Waals surface area contributed by atoms with Gasteiger partial charge < -0.3 is 15.3 Å². The Morgan fingerprint density at radius 3 is 3.06 bits per heavy atom. The maximum absolute atomic E-state index is 12.2. The van der Waals surface area contributed by atoms with E-state index in [1.54, 1.807) is 24.2 Å². The fourth-order valence-corrected chi connectivity index (χ4v) is 2.23. The number of hydrogen-bond acceptors (Lipinski definition) is 4. The number of carbonyl (C=O) groups excluding carboxylic acids is 1. The molecule has 0 aliphatic carbocycles. The predicted molar refractivity (Wildman–Crippen MR) is 68.0 cm³/mol. The van der Waals surface area contributed by atoms with E-state index >= 15 is 0 Å². The van der Waals surface area contributed by atoms with E-state index in [-0.39, 0.29) is 5.91 Å². The molecule has 6 heteroatoms. The molecule has 1 aliphatic heterocycles. The molecule has 17 heavy (non-hydrogen) atoms. The highest BCUT2D eigenvalue weighted by molar-refractivity contribution is 9.10. The summed E-state index contributed by atoms with van der Waals surface area (Å²) in [6.45, 7) is 0.990. The van der Waals surface area contributed by atoms with Gasteiger partial charge in [0.25, 0.3) is 5.91 Å². The van der Waals surface area contributed by atoms with Crippen LogP contribution in [-0.4, -0.2) is 47.1 Å². The van der Waals surface area contributed by atoms with E-state index < -0.39 is 6.10 Å². The second kappa shape index (κ2) is 5.01. The number of aliphatic hydroxyl groups excluding tert-OH is 1. The highest BCUT2D eigenvalue weighted by atomic mass is 79.9. The number of hydrogen-bond donors (Lipinski definition) is 2. The molecule has 1 fully saturated rings. The highest BCUT2D eigenvalue weighted by Crippen LogP contribution is 2.21. The van der Waals surface area contributed by atoms with Gasteiger partial charge in [-0.05, 0) is 28.4 Å². The Kier molecular flexibility index (Phi) is 3.63. The van der Waals surface area contributed by atoms with E-state index in [0.717, 1.165) is 4.47 Å². The predicted octanol–water partition coefficient (Wildman–Crippen LogP) is 1.09. The molecule has 1 aromatic rings. The van der Waals surface area contributed by atoms with E-state index in [1.165, 1.54) is 0 Å². The average Bonchev–Trinajstić information content (AvgIpc) is 2.75. The van der Waals surface area contributed by atoms with E-state index in [9.17, 15) is 9.90 Å². The zero-order chi connectivity index (χ0) is 12.4. The molecule has 1 saturated heterocycles. The van der Waals surface area contributed by atoms with Crippen LogP contribution in [0.3, 0.4) is 0 Å². The summed E-state index contributed by atoms with van der Waals surface area (Å²) in [5, 5.41) is 12.3. The highest BCUT2D eigenvalue weighted by Gasteiger charge is 2.27. The third-order valence-electron chi connectivity index (χ3n) is 2.77. The first-order chi connectivity index (χ1) is 8.11. The van der Waals surface area contributed by atoms with Crippen LogP contribution >= 0.6 is 15.9 Å². The van der Waals surface area contributed by atoms with Crippen LogP contribution in [0.4, 0.5) is 5.82 Å². The molecule has 1 atom stereocenters. The van der Waals surface area contributed by atoms with Gasteiger partial charge in [0, 0.05) is 30.8 Å². The maximum Gasteiger partial charge on any atom is 0.257 e. The molecule has 92 valence electrons. The maximum atomic E-state index is 12.2. The summed E-state index contributed by atoms with van der Waals surface area (Å²) >= 11 is 3.30. The molecule has 2 heterocycles. The largest absolute Gasteiger partial charge is 0.391 e. The summed E-state index contributed by atoms with van der Waals surface area (Å²) < 4.78 is 0.764. The standard InChI is InChI=1S/C11H14BrN3O2/c1-13-10-9(4-7(12)5-14-10)11(17)15-3-2-8(16)6-15/h4-5,8,16H,2-3,6H2,1H3,(H,13,14). The van der Waals surface area contributed by atoms with Crippen LogP contribution in [0.25, 0.3) is 0 Å². The van der Waals surface area contributed by atoms with E-state index in [4.69, 9.17) is 0 Å². The van der Waals surface area contributed by atoms with Crippen LogP contribution in [0.15, 0.2) is 16.7 Å². The zero-order valence-corrected chi connectivity index (χ0v) is 11.1. The summed E-state index contributed by atoms with van der Waals surface area (Å²) in [5.74, 6) is 0.458. The molecular formula is C11H14BrN3O2. The molecule has 1 unspecified atom stereocenters. The number of aromatic nitrogens is 1. The van der Waals surface area contributed by atoms with Crippen molar-refractivity contribution in [2.24, 2.45) is 0 Å². The minimum Gasteiger partial charge on any atom is -0.391 e. The number of carbonyl (C=O) groups is 1. The number of pyridine rings is 1. The molecule has 2 rings (SSSR count). The lowest BCUT2D eigenvalue weighted by atomic mass is 10.2. The third kappa shape index (κ3) is 2.58. The smallest absolute Gasteiger partial charge is 0.257 e. The van der Waals surface area contributed by atoms with Crippen molar-refractivity contribution in [1.82, 2.24) is 9.88 Å². The number of β-amino-alcohol motifs (C(OH)–C–C–N with tert-alkyl or cyclic N) is 1. The number of likely N-dealkylation sites (tertiary alicyclic amines) is 1. The van der Waals surface area contributed by atoms with Gasteiger partial charge >= 0.3 is 0 Å². The van der Waals surface area contributed by atoms with E-state index in [0.29, 0.717) is 30.9 Å². The SMILES string of the molecule is CNc1ncc(Br)cc1C(=O)N1CCC(O)C1. The molecule has 0 aromatic carbocycles. The number of amides is 1. The van der Waals surface area contributed by atoms with Crippen LogP contribution in [0.1, 0.15) is 16.8 Å². The minimum atomic E-state index is -0.405. The number of aliphatic hydroxyl groups is 1. The zero-order valence-electron chi connectivity index (χ0n) is 9.48. The second-order valence-electron chi connectivity index (χ2n) is 3.99. The van der Waals surface area contributed by atoms with Crippen molar-refractivity contribution < 1.29 is 9.90 Å². The molecular weight excluding hydrogens is 286 g/mol. The molecule has 1 aromatic heterocycles. The Morgan fingerprint density at radius 1 is 1.71 bits per heavy atom. The van der Waals surface area contributed by atoms with Gasteiger partial charge in [0.1, 0.15) is 5.82 Å². The van der Waals surface area contributed by atoms with Crippen molar-refractivity contribution in [2.75, 3.05) is 25.5 Å². The van der Waals surface area contributed by atoms with Gasteiger partial charge in [-0.25, -0.2) is 4.98 Å². The van der Waals surface area contributed by atoms with Crippen molar-refractivity contribution in [1.29, 1.82) is 0 Å². The lowest BCUT2D eigenvalue weighted by molar-refractivity contribution is 0.0765. The molecule has 0 radical (unpaired) electrons. The Bertz CT molecular complexity index is 439. The van der Waals surface area contributed by atoms with Gasteiger partial charge in [0.2, 0.25) is 0 Å². The lowest BCUT2D eigenvalue weighted by Crippen LogP contribution is -2.30. The summed E-state index contributed by atoms with van der Waals surface area (Å²) in [4.78, 5) is 18.0. The lowest BCUT2D eigenvalue weighted by Gasteiger charge is -2.17. The number of rotatable bonds is 2. The van der Waals surface area contributed by atoms with Crippen LogP contribution < -0.4 is 5.32 Å². The number of nitrogens with one attached hydrogen (secondary N) is 1. The Hall–Kier alpha value is -1.14. The fraction of sp³-hybridized carbons (Fsp3) is 0.455. The fourth-order valence-electron chi connectivity index (χ4n) is 1.90. The van der Waals surface area contributed by atoms with E-state index in [2.05, 4.69) is 26.2 Å². The molecule has 5 nitrogen and oxygen atoms in total. The Balaban J connectivity index is 2.26. The van der Waals surface area contributed by atoms with Crippen LogP contribution in [0, 0.1) is 0 Å². The van der Waals surface area contributed by atoms with Gasteiger partial charge in [-0.15, -0.1) is 0 Å².